The summed E-state index contributed by atoms with van der Waals surface area (Å²) in [5, 5.41) is 0. The monoisotopic (exact) mass is 654 g/mol. The van der Waals surface area contributed by atoms with Gasteiger partial charge in [-0.2, -0.15) is 0 Å². The fourth-order valence-corrected chi connectivity index (χ4v) is 5.10. The number of phosphoric ester groups is 1. The Morgan fingerprint density at radius 2 is 1.13 bits per heavy atom. The third kappa shape index (κ3) is 31.8. The lowest BCUT2D eigenvalue weighted by Crippen LogP contribution is -2.29. The van der Waals surface area contributed by atoms with Crippen molar-refractivity contribution in [3.05, 3.63) is 48.6 Å². The van der Waals surface area contributed by atoms with E-state index in [9.17, 15) is 19.0 Å². The standard InChI is InChI=1S/C36H63O8P/c1-4-7-9-11-13-15-17-18-19-20-21-23-25-27-29-31-36(38)44-34(33-43-45(39,40)42-6-3)32-41-35(37)30-28-26-24-22-16-14-12-10-8-5-2/h7,9-10,12-13,15,18-19,34H,4-6,8,11,14,16-17,20-33H2,1-3H3,(H,39,40)/b9-7-,12-10-,15-13-,19-18-. The topological polar surface area (TPSA) is 108 Å². The summed E-state index contributed by atoms with van der Waals surface area (Å²) < 4.78 is 32.4. The highest BCUT2D eigenvalue weighted by molar-refractivity contribution is 7.47. The Morgan fingerprint density at radius 3 is 1.73 bits per heavy atom. The maximum Gasteiger partial charge on any atom is 0.472 e. The van der Waals surface area contributed by atoms with E-state index in [1.807, 2.05) is 0 Å². The minimum Gasteiger partial charge on any atom is -0.462 e. The highest BCUT2D eigenvalue weighted by Crippen LogP contribution is 2.43. The molecule has 0 saturated carbocycles. The molecule has 0 fully saturated rings. The van der Waals surface area contributed by atoms with E-state index in [1.165, 1.54) is 6.42 Å². The highest BCUT2D eigenvalue weighted by atomic mass is 31.2. The zero-order valence-electron chi connectivity index (χ0n) is 28.5. The van der Waals surface area contributed by atoms with Gasteiger partial charge in [-0.15, -0.1) is 0 Å². The lowest BCUT2D eigenvalue weighted by Gasteiger charge is -2.19. The Labute approximate surface area is 274 Å². The van der Waals surface area contributed by atoms with Gasteiger partial charge in [0.1, 0.15) is 6.61 Å². The molecule has 0 radical (unpaired) electrons. The molecule has 0 aliphatic carbocycles. The Hall–Kier alpha value is -1.99. The molecule has 0 aromatic carbocycles. The molecule has 0 spiro atoms. The van der Waals surface area contributed by atoms with Crippen LogP contribution in [0.1, 0.15) is 143 Å². The predicted octanol–water partition coefficient (Wildman–Crippen LogP) is 10.3. The Bertz CT molecular complexity index is 880. The van der Waals surface area contributed by atoms with Gasteiger partial charge in [-0.25, -0.2) is 4.57 Å². The summed E-state index contributed by atoms with van der Waals surface area (Å²) in [5.74, 6) is -0.837. The fraction of sp³-hybridized carbons (Fsp3) is 0.722. The van der Waals surface area contributed by atoms with E-state index < -0.39 is 26.5 Å². The average Bonchev–Trinajstić information content (AvgIpc) is 3.01. The van der Waals surface area contributed by atoms with Gasteiger partial charge in [-0.05, 0) is 71.1 Å². The van der Waals surface area contributed by atoms with E-state index in [1.54, 1.807) is 6.92 Å². The number of carbonyl (C=O) groups excluding carboxylic acids is 2. The highest BCUT2D eigenvalue weighted by Gasteiger charge is 2.25. The second-order valence-electron chi connectivity index (χ2n) is 11.1. The number of unbranched alkanes of at least 4 members (excludes halogenated alkanes) is 11. The SMILES string of the molecule is CC/C=C\C/C=C\C/C=C\CCCCCCCC(=O)OC(COC(=O)CCCCCCC/C=C\CCC)COP(=O)(O)OCC. The number of esters is 2. The quantitative estimate of drug-likeness (QED) is 0.0340. The Morgan fingerprint density at radius 1 is 0.622 bits per heavy atom. The van der Waals surface area contributed by atoms with Crippen LogP contribution in [0, 0.1) is 0 Å². The van der Waals surface area contributed by atoms with Crippen LogP contribution in [0.3, 0.4) is 0 Å². The number of rotatable bonds is 31. The third-order valence-electron chi connectivity index (χ3n) is 6.85. The van der Waals surface area contributed by atoms with Gasteiger partial charge in [0.15, 0.2) is 6.10 Å². The van der Waals surface area contributed by atoms with Gasteiger partial charge in [0.2, 0.25) is 0 Å². The summed E-state index contributed by atoms with van der Waals surface area (Å²) in [6.07, 6.45) is 34.5. The summed E-state index contributed by atoms with van der Waals surface area (Å²) in [6, 6.07) is 0. The molecule has 0 rings (SSSR count). The van der Waals surface area contributed by atoms with Crippen LogP contribution in [0.15, 0.2) is 48.6 Å². The van der Waals surface area contributed by atoms with Gasteiger partial charge in [-0.3, -0.25) is 18.6 Å². The molecule has 8 nitrogen and oxygen atoms in total. The first-order valence-corrected chi connectivity index (χ1v) is 18.9. The molecule has 0 heterocycles. The number of hydrogen-bond donors (Lipinski definition) is 1. The van der Waals surface area contributed by atoms with Crippen molar-refractivity contribution in [3.8, 4) is 0 Å². The van der Waals surface area contributed by atoms with Crippen molar-refractivity contribution in [1.29, 1.82) is 0 Å². The van der Waals surface area contributed by atoms with Crippen molar-refractivity contribution in [1.82, 2.24) is 0 Å². The fourth-order valence-electron chi connectivity index (χ4n) is 4.35. The molecule has 0 saturated heterocycles. The van der Waals surface area contributed by atoms with E-state index in [0.29, 0.717) is 6.42 Å². The van der Waals surface area contributed by atoms with Crippen LogP contribution in [-0.2, 0) is 32.7 Å². The second kappa shape index (κ2) is 32.0. The van der Waals surface area contributed by atoms with Crippen LogP contribution < -0.4 is 0 Å². The predicted molar refractivity (Wildman–Crippen MR) is 184 cm³/mol. The number of allylic oxidation sites excluding steroid dienone is 8. The van der Waals surface area contributed by atoms with Gasteiger partial charge in [-0.1, -0.05) is 107 Å². The number of hydrogen-bond acceptors (Lipinski definition) is 7. The van der Waals surface area contributed by atoms with E-state index in [2.05, 4.69) is 62.5 Å². The molecule has 0 aromatic rings. The molecule has 0 aliphatic heterocycles. The molecular formula is C36H63O8P. The summed E-state index contributed by atoms with van der Waals surface area (Å²) in [6.45, 7) is 5.23. The molecule has 9 heteroatoms. The largest absolute Gasteiger partial charge is 0.472 e. The van der Waals surface area contributed by atoms with Gasteiger partial charge in [0.25, 0.3) is 0 Å². The smallest absolute Gasteiger partial charge is 0.462 e. The minimum atomic E-state index is -4.28. The lowest BCUT2D eigenvalue weighted by molar-refractivity contribution is -0.161. The van der Waals surface area contributed by atoms with Crippen molar-refractivity contribution < 1.29 is 37.6 Å². The third-order valence-corrected chi connectivity index (χ3v) is 7.91. The molecule has 0 aromatic heterocycles. The lowest BCUT2D eigenvalue weighted by atomic mass is 10.1. The molecule has 0 amide bonds. The van der Waals surface area contributed by atoms with Crippen LogP contribution in [-0.4, -0.2) is 42.8 Å². The summed E-state index contributed by atoms with van der Waals surface area (Å²) in [4.78, 5) is 34.4. The van der Waals surface area contributed by atoms with E-state index in [4.69, 9.17) is 18.5 Å². The molecule has 2 atom stereocenters. The first kappa shape index (κ1) is 43.0. The molecular weight excluding hydrogens is 591 g/mol. The molecule has 45 heavy (non-hydrogen) atoms. The normalized spacial score (nSPS) is 14.1. The van der Waals surface area contributed by atoms with Crippen LogP contribution in [0.4, 0.5) is 0 Å². The summed E-state index contributed by atoms with van der Waals surface area (Å²) in [7, 11) is -4.28. The summed E-state index contributed by atoms with van der Waals surface area (Å²) >= 11 is 0. The number of phosphoric acid groups is 1. The maximum absolute atomic E-state index is 12.4. The first-order valence-electron chi connectivity index (χ1n) is 17.4. The van der Waals surface area contributed by atoms with Crippen molar-refractivity contribution in [2.75, 3.05) is 19.8 Å². The number of carbonyl (C=O) groups is 2. The van der Waals surface area contributed by atoms with Gasteiger partial charge in [0, 0.05) is 12.8 Å². The van der Waals surface area contributed by atoms with Crippen molar-refractivity contribution >= 4 is 19.8 Å². The van der Waals surface area contributed by atoms with Crippen LogP contribution in [0.25, 0.3) is 0 Å². The molecule has 0 bridgehead atoms. The van der Waals surface area contributed by atoms with Crippen molar-refractivity contribution in [2.45, 2.75) is 149 Å². The van der Waals surface area contributed by atoms with Gasteiger partial charge < -0.3 is 14.4 Å². The molecule has 1 N–H and O–H groups in total. The van der Waals surface area contributed by atoms with E-state index >= 15 is 0 Å². The minimum absolute atomic E-state index is 0.00634. The Balaban J connectivity index is 4.24. The average molecular weight is 655 g/mol. The van der Waals surface area contributed by atoms with Gasteiger partial charge in [0.05, 0.1) is 13.2 Å². The Kier molecular flexibility index (Phi) is 30.6. The van der Waals surface area contributed by atoms with E-state index in [-0.39, 0.29) is 32.0 Å². The van der Waals surface area contributed by atoms with Crippen LogP contribution in [0.5, 0.6) is 0 Å². The zero-order valence-corrected chi connectivity index (χ0v) is 29.4. The first-order chi connectivity index (χ1) is 21.8. The molecule has 260 valence electrons. The van der Waals surface area contributed by atoms with Crippen molar-refractivity contribution in [3.63, 3.8) is 0 Å². The second-order valence-corrected chi connectivity index (χ2v) is 12.6. The zero-order chi connectivity index (χ0) is 33.3. The number of ether oxygens (including phenoxy) is 2. The molecule has 0 aliphatic rings. The summed E-state index contributed by atoms with van der Waals surface area (Å²) in [5.41, 5.74) is 0. The van der Waals surface area contributed by atoms with Crippen LogP contribution >= 0.6 is 7.82 Å². The van der Waals surface area contributed by atoms with Crippen molar-refractivity contribution in [2.24, 2.45) is 0 Å². The van der Waals surface area contributed by atoms with Gasteiger partial charge >= 0.3 is 19.8 Å². The van der Waals surface area contributed by atoms with Crippen LogP contribution in [0.2, 0.25) is 0 Å². The molecule has 2 unspecified atom stereocenters. The van der Waals surface area contributed by atoms with E-state index in [0.717, 1.165) is 96.3 Å². The maximum atomic E-state index is 12.4.